The van der Waals surface area contributed by atoms with Crippen LogP contribution in [0.1, 0.15) is 19.8 Å². The zero-order valence-electron chi connectivity index (χ0n) is 10.1. The van der Waals surface area contributed by atoms with Crippen LogP contribution in [0, 0.1) is 5.92 Å². The van der Waals surface area contributed by atoms with Crippen LogP contribution < -0.4 is 10.6 Å². The summed E-state index contributed by atoms with van der Waals surface area (Å²) < 4.78 is 0. The maximum absolute atomic E-state index is 12.2. The highest BCUT2D eigenvalue weighted by atomic mass is 35.5. The largest absolute Gasteiger partial charge is 0.356 e. The first kappa shape index (κ1) is 14.3. The molecule has 0 bridgehead atoms. The van der Waals surface area contributed by atoms with Gasteiger partial charge in [0, 0.05) is 44.6 Å². The zero-order valence-corrected chi connectivity index (χ0v) is 10.9. The lowest BCUT2D eigenvalue weighted by atomic mass is 9.95. The van der Waals surface area contributed by atoms with E-state index in [4.69, 9.17) is 0 Å². The Morgan fingerprint density at radius 3 is 2.82 bits per heavy atom. The highest BCUT2D eigenvalue weighted by Gasteiger charge is 2.32. The van der Waals surface area contributed by atoms with Gasteiger partial charge in [0.2, 0.25) is 11.8 Å². The molecular weight excluding hydrogens is 242 g/mol. The van der Waals surface area contributed by atoms with E-state index < -0.39 is 0 Å². The summed E-state index contributed by atoms with van der Waals surface area (Å²) in [6.45, 7) is 5.15. The fourth-order valence-electron chi connectivity index (χ4n) is 2.40. The second kappa shape index (κ2) is 6.21. The predicted molar refractivity (Wildman–Crippen MR) is 67.0 cm³/mol. The molecule has 0 aromatic carbocycles. The van der Waals surface area contributed by atoms with E-state index in [1.807, 2.05) is 11.8 Å². The van der Waals surface area contributed by atoms with Gasteiger partial charge in [0.25, 0.3) is 0 Å². The summed E-state index contributed by atoms with van der Waals surface area (Å²) >= 11 is 0. The molecule has 2 heterocycles. The Hall–Kier alpha value is -0.810. The van der Waals surface area contributed by atoms with Gasteiger partial charge in [0.1, 0.15) is 0 Å². The fraction of sp³-hybridized carbons (Fsp3) is 0.818. The first-order valence-electron chi connectivity index (χ1n) is 5.96. The summed E-state index contributed by atoms with van der Waals surface area (Å²) in [5.74, 6) is 0.0607. The molecular formula is C11H20ClN3O2. The molecule has 0 aliphatic carbocycles. The van der Waals surface area contributed by atoms with Gasteiger partial charge in [-0.1, -0.05) is 0 Å². The SMILES string of the molecule is C[C@H]1CNCCN1C(=O)C1CCNC(=O)C1.Cl. The van der Waals surface area contributed by atoms with Gasteiger partial charge >= 0.3 is 0 Å². The van der Waals surface area contributed by atoms with Gasteiger partial charge in [0.15, 0.2) is 0 Å². The molecule has 0 spiro atoms. The number of hydrogen-bond donors (Lipinski definition) is 2. The molecule has 2 fully saturated rings. The molecule has 6 heteroatoms. The normalized spacial score (nSPS) is 29.2. The molecule has 98 valence electrons. The van der Waals surface area contributed by atoms with Crippen LogP contribution in [0.5, 0.6) is 0 Å². The van der Waals surface area contributed by atoms with Crippen molar-refractivity contribution in [3.8, 4) is 0 Å². The van der Waals surface area contributed by atoms with Crippen LogP contribution in [0.15, 0.2) is 0 Å². The molecule has 17 heavy (non-hydrogen) atoms. The molecule has 2 saturated heterocycles. The third kappa shape index (κ3) is 3.33. The van der Waals surface area contributed by atoms with Crippen molar-refractivity contribution in [2.45, 2.75) is 25.8 Å². The van der Waals surface area contributed by atoms with Crippen molar-refractivity contribution in [2.24, 2.45) is 5.92 Å². The number of rotatable bonds is 1. The standard InChI is InChI=1S/C11H19N3O2.ClH/c1-8-7-12-4-5-14(8)11(16)9-2-3-13-10(15)6-9;/h8-9,12H,2-7H2,1H3,(H,13,15);1H/t8-,9?;/m0./s1. The average molecular weight is 262 g/mol. The van der Waals surface area contributed by atoms with Gasteiger partial charge in [-0.25, -0.2) is 0 Å². The second-order valence-electron chi connectivity index (χ2n) is 4.62. The van der Waals surface area contributed by atoms with Crippen molar-refractivity contribution in [1.82, 2.24) is 15.5 Å². The van der Waals surface area contributed by atoms with Gasteiger partial charge < -0.3 is 15.5 Å². The highest BCUT2D eigenvalue weighted by Crippen LogP contribution is 2.18. The number of nitrogens with one attached hydrogen (secondary N) is 2. The first-order valence-corrected chi connectivity index (χ1v) is 5.96. The van der Waals surface area contributed by atoms with Crippen LogP contribution in [0.25, 0.3) is 0 Å². The monoisotopic (exact) mass is 261 g/mol. The second-order valence-corrected chi connectivity index (χ2v) is 4.62. The minimum Gasteiger partial charge on any atom is -0.356 e. The molecule has 1 unspecified atom stereocenters. The van der Waals surface area contributed by atoms with Crippen LogP contribution in [0.4, 0.5) is 0 Å². The van der Waals surface area contributed by atoms with E-state index in [1.54, 1.807) is 0 Å². The van der Waals surface area contributed by atoms with Gasteiger partial charge in [-0.3, -0.25) is 9.59 Å². The van der Waals surface area contributed by atoms with Crippen LogP contribution in [0.2, 0.25) is 0 Å². The Bertz CT molecular complexity index is 298. The predicted octanol–water partition coefficient (Wildman–Crippen LogP) is -0.245. The average Bonchev–Trinajstić information content (AvgIpc) is 2.29. The zero-order chi connectivity index (χ0) is 11.5. The van der Waals surface area contributed by atoms with E-state index in [1.165, 1.54) is 0 Å². The Morgan fingerprint density at radius 1 is 1.41 bits per heavy atom. The maximum Gasteiger partial charge on any atom is 0.226 e. The molecule has 2 rings (SSSR count). The number of hydrogen-bond acceptors (Lipinski definition) is 3. The van der Waals surface area contributed by atoms with Crippen molar-refractivity contribution >= 4 is 24.2 Å². The summed E-state index contributed by atoms with van der Waals surface area (Å²) in [6, 6.07) is 0.242. The van der Waals surface area contributed by atoms with Gasteiger partial charge in [-0.2, -0.15) is 0 Å². The van der Waals surface area contributed by atoms with Crippen molar-refractivity contribution in [3.05, 3.63) is 0 Å². The van der Waals surface area contributed by atoms with E-state index >= 15 is 0 Å². The van der Waals surface area contributed by atoms with Crippen LogP contribution in [0.3, 0.4) is 0 Å². The summed E-state index contributed by atoms with van der Waals surface area (Å²) in [5, 5.41) is 6.02. The first-order chi connectivity index (χ1) is 7.68. The summed E-state index contributed by atoms with van der Waals surface area (Å²) in [7, 11) is 0. The lowest BCUT2D eigenvalue weighted by Crippen LogP contribution is -2.55. The molecule has 2 amide bonds. The number of carbonyl (C=O) groups excluding carboxylic acids is 2. The molecule has 2 aliphatic rings. The number of halogens is 1. The highest BCUT2D eigenvalue weighted by molar-refractivity contribution is 5.87. The number of nitrogens with zero attached hydrogens (tertiary/aromatic N) is 1. The molecule has 0 saturated carbocycles. The smallest absolute Gasteiger partial charge is 0.226 e. The van der Waals surface area contributed by atoms with E-state index in [-0.39, 0.29) is 36.2 Å². The van der Waals surface area contributed by atoms with Crippen molar-refractivity contribution in [3.63, 3.8) is 0 Å². The number of piperidine rings is 1. The Morgan fingerprint density at radius 2 is 2.18 bits per heavy atom. The molecule has 0 radical (unpaired) electrons. The number of carbonyl (C=O) groups is 2. The summed E-state index contributed by atoms with van der Waals surface area (Å²) in [6.07, 6.45) is 1.14. The molecule has 0 aromatic rings. The van der Waals surface area contributed by atoms with Crippen LogP contribution in [-0.4, -0.2) is 48.9 Å². The van der Waals surface area contributed by atoms with Crippen molar-refractivity contribution < 1.29 is 9.59 Å². The van der Waals surface area contributed by atoms with Crippen LogP contribution >= 0.6 is 12.4 Å². The number of piperazine rings is 1. The lowest BCUT2D eigenvalue weighted by molar-refractivity contribution is -0.142. The lowest BCUT2D eigenvalue weighted by Gasteiger charge is -2.37. The van der Waals surface area contributed by atoms with Crippen molar-refractivity contribution in [1.29, 1.82) is 0 Å². The Kier molecular flexibility index (Phi) is 5.21. The minimum atomic E-state index is -0.103. The molecule has 2 N–H and O–H groups in total. The summed E-state index contributed by atoms with van der Waals surface area (Å²) in [4.78, 5) is 25.4. The molecule has 0 aromatic heterocycles. The van der Waals surface area contributed by atoms with E-state index in [0.29, 0.717) is 13.0 Å². The summed E-state index contributed by atoms with van der Waals surface area (Å²) in [5.41, 5.74) is 0. The third-order valence-corrected chi connectivity index (χ3v) is 3.38. The van der Waals surface area contributed by atoms with E-state index in [2.05, 4.69) is 10.6 Å². The topological polar surface area (TPSA) is 61.4 Å². The van der Waals surface area contributed by atoms with Crippen molar-refractivity contribution in [2.75, 3.05) is 26.2 Å². The Balaban J connectivity index is 0.00000144. The minimum absolute atomic E-state index is 0. The van der Waals surface area contributed by atoms with Gasteiger partial charge in [-0.05, 0) is 13.3 Å². The fourth-order valence-corrected chi connectivity index (χ4v) is 2.40. The van der Waals surface area contributed by atoms with Gasteiger partial charge in [0.05, 0.1) is 0 Å². The van der Waals surface area contributed by atoms with Crippen LogP contribution in [-0.2, 0) is 9.59 Å². The third-order valence-electron chi connectivity index (χ3n) is 3.38. The molecule has 5 nitrogen and oxygen atoms in total. The number of amides is 2. The molecule has 2 atom stereocenters. The molecule has 2 aliphatic heterocycles. The quantitative estimate of drug-likeness (QED) is 0.685. The van der Waals surface area contributed by atoms with Gasteiger partial charge in [-0.15, -0.1) is 12.4 Å². The maximum atomic E-state index is 12.2. The Labute approximate surface area is 108 Å². The van der Waals surface area contributed by atoms with E-state index in [0.717, 1.165) is 26.1 Å². The van der Waals surface area contributed by atoms with E-state index in [9.17, 15) is 9.59 Å².